The molecule has 0 saturated carbocycles. The Morgan fingerprint density at radius 2 is 2.08 bits per heavy atom. The zero-order valence-corrected chi connectivity index (χ0v) is 15.6. The molecule has 0 spiro atoms. The minimum absolute atomic E-state index is 0.260. The number of aromatic nitrogens is 3. The molecule has 4 rings (SSSR count). The van der Waals surface area contributed by atoms with Crippen molar-refractivity contribution in [2.75, 3.05) is 18.0 Å². The van der Waals surface area contributed by atoms with Crippen LogP contribution in [0.2, 0.25) is 0 Å². The molecule has 138 valence electrons. The highest BCUT2D eigenvalue weighted by atomic mass is 16.6. The zero-order valence-electron chi connectivity index (χ0n) is 15.6. The predicted octanol–water partition coefficient (Wildman–Crippen LogP) is 3.11. The van der Waals surface area contributed by atoms with Crippen LogP contribution in [0, 0.1) is 0 Å². The maximum Gasteiger partial charge on any atom is 0.410 e. The van der Waals surface area contributed by atoms with Crippen LogP contribution in [0.15, 0.2) is 24.5 Å². The molecule has 0 bridgehead atoms. The largest absolute Gasteiger partial charge is 0.444 e. The maximum atomic E-state index is 12.4. The van der Waals surface area contributed by atoms with Gasteiger partial charge in [0.15, 0.2) is 0 Å². The number of ether oxygens (including phenoxy) is 1. The third-order valence-electron chi connectivity index (χ3n) is 4.71. The number of nitrogens with zero attached hydrogens (tertiary/aromatic N) is 5. The van der Waals surface area contributed by atoms with Crippen molar-refractivity contribution in [3.8, 4) is 0 Å². The number of carbonyl (C=O) groups excluding carboxylic acids is 1. The summed E-state index contributed by atoms with van der Waals surface area (Å²) in [6.45, 7) is 8.75. The molecule has 1 amide bonds. The molecule has 0 fully saturated rings. The van der Waals surface area contributed by atoms with Crippen molar-refractivity contribution < 1.29 is 9.53 Å². The fourth-order valence-corrected chi connectivity index (χ4v) is 3.53. The van der Waals surface area contributed by atoms with Gasteiger partial charge in [-0.2, -0.15) is 5.10 Å². The van der Waals surface area contributed by atoms with Crippen molar-refractivity contribution in [1.29, 1.82) is 0 Å². The summed E-state index contributed by atoms with van der Waals surface area (Å²) in [6, 6.07) is 4.19. The van der Waals surface area contributed by atoms with E-state index in [1.807, 2.05) is 43.9 Å². The van der Waals surface area contributed by atoms with Gasteiger partial charge in [0, 0.05) is 37.8 Å². The Bertz CT molecular complexity index is 824. The molecule has 0 aromatic carbocycles. The molecule has 7 nitrogen and oxygen atoms in total. The minimum Gasteiger partial charge on any atom is -0.444 e. The van der Waals surface area contributed by atoms with Gasteiger partial charge in [0.2, 0.25) is 0 Å². The second-order valence-corrected chi connectivity index (χ2v) is 7.87. The van der Waals surface area contributed by atoms with E-state index in [0.717, 1.165) is 48.7 Å². The third kappa shape index (κ3) is 3.25. The first kappa shape index (κ1) is 16.9. The Kier molecular flexibility index (Phi) is 4.09. The van der Waals surface area contributed by atoms with Crippen LogP contribution < -0.4 is 4.90 Å². The van der Waals surface area contributed by atoms with Gasteiger partial charge in [-0.05, 0) is 38.8 Å². The lowest BCUT2D eigenvalue weighted by Crippen LogP contribution is -2.40. The molecule has 0 saturated heterocycles. The highest BCUT2D eigenvalue weighted by Crippen LogP contribution is 2.31. The number of amides is 1. The molecule has 26 heavy (non-hydrogen) atoms. The monoisotopic (exact) mass is 355 g/mol. The number of fused-ring (bicyclic) bond motifs is 2. The van der Waals surface area contributed by atoms with Crippen LogP contribution in [0.1, 0.15) is 38.4 Å². The summed E-state index contributed by atoms with van der Waals surface area (Å²) in [6.07, 6.45) is 5.32. The van der Waals surface area contributed by atoms with E-state index in [1.165, 1.54) is 0 Å². The van der Waals surface area contributed by atoms with Crippen molar-refractivity contribution in [1.82, 2.24) is 19.7 Å². The molecular weight excluding hydrogens is 330 g/mol. The second-order valence-electron chi connectivity index (χ2n) is 7.87. The van der Waals surface area contributed by atoms with E-state index in [2.05, 4.69) is 21.0 Å². The number of pyridine rings is 1. The Labute approximate surface area is 153 Å². The van der Waals surface area contributed by atoms with Crippen LogP contribution in [0.25, 0.3) is 0 Å². The summed E-state index contributed by atoms with van der Waals surface area (Å²) < 4.78 is 7.54. The highest BCUT2D eigenvalue weighted by Gasteiger charge is 2.27. The summed E-state index contributed by atoms with van der Waals surface area (Å²) in [7, 11) is 0. The smallest absolute Gasteiger partial charge is 0.410 e. The number of hydrogen-bond acceptors (Lipinski definition) is 5. The normalized spacial score (nSPS) is 16.9. The van der Waals surface area contributed by atoms with Crippen molar-refractivity contribution in [3.05, 3.63) is 35.8 Å². The standard InChI is InChI=1S/C19H25N5O2/c1-19(2,3)26-18(25)22-10-6-16-14(13-22)11-15(12-20-16)23-8-4-9-24-17(23)5-7-21-24/h5,7,11-12H,4,6,8-10,13H2,1-3H3. The van der Waals surface area contributed by atoms with Crippen LogP contribution in [0.4, 0.5) is 16.3 Å². The zero-order chi connectivity index (χ0) is 18.3. The molecule has 2 aromatic rings. The van der Waals surface area contributed by atoms with E-state index in [-0.39, 0.29) is 6.09 Å². The van der Waals surface area contributed by atoms with Crippen molar-refractivity contribution in [2.45, 2.75) is 52.3 Å². The molecule has 2 aromatic heterocycles. The van der Waals surface area contributed by atoms with Crippen molar-refractivity contribution in [2.24, 2.45) is 0 Å². The molecule has 0 aliphatic carbocycles. The van der Waals surface area contributed by atoms with Gasteiger partial charge >= 0.3 is 6.09 Å². The van der Waals surface area contributed by atoms with E-state index < -0.39 is 5.60 Å². The number of hydrogen-bond donors (Lipinski definition) is 0. The Morgan fingerprint density at radius 3 is 2.88 bits per heavy atom. The predicted molar refractivity (Wildman–Crippen MR) is 98.4 cm³/mol. The van der Waals surface area contributed by atoms with E-state index >= 15 is 0 Å². The number of carbonyl (C=O) groups is 1. The minimum atomic E-state index is -0.482. The van der Waals surface area contributed by atoms with Gasteiger partial charge in [-0.3, -0.25) is 4.98 Å². The van der Waals surface area contributed by atoms with Crippen LogP contribution >= 0.6 is 0 Å². The Hall–Kier alpha value is -2.57. The van der Waals surface area contributed by atoms with Crippen LogP contribution in [0.5, 0.6) is 0 Å². The SMILES string of the molecule is CC(C)(C)OC(=O)N1CCc2ncc(N3CCCn4nccc43)cc2C1. The van der Waals surface area contributed by atoms with Crippen LogP contribution in [0.3, 0.4) is 0 Å². The average Bonchev–Trinajstić information content (AvgIpc) is 3.08. The number of aryl methyl sites for hydroxylation is 1. The molecule has 0 radical (unpaired) electrons. The van der Waals surface area contributed by atoms with Gasteiger partial charge in [-0.1, -0.05) is 0 Å². The first-order valence-electron chi connectivity index (χ1n) is 9.16. The molecule has 2 aliphatic rings. The molecule has 0 atom stereocenters. The number of anilines is 2. The quantitative estimate of drug-likeness (QED) is 0.786. The Balaban J connectivity index is 1.57. The lowest BCUT2D eigenvalue weighted by molar-refractivity contribution is 0.0223. The lowest BCUT2D eigenvalue weighted by atomic mass is 10.1. The van der Waals surface area contributed by atoms with Gasteiger partial charge in [0.05, 0.1) is 24.6 Å². The lowest BCUT2D eigenvalue weighted by Gasteiger charge is -2.33. The molecule has 0 N–H and O–H groups in total. The fraction of sp³-hybridized carbons (Fsp3) is 0.526. The first-order chi connectivity index (χ1) is 12.4. The first-order valence-corrected chi connectivity index (χ1v) is 9.16. The van der Waals surface area contributed by atoms with Gasteiger partial charge in [0.25, 0.3) is 0 Å². The second kappa shape index (κ2) is 6.30. The highest BCUT2D eigenvalue weighted by molar-refractivity contribution is 5.69. The summed E-state index contributed by atoms with van der Waals surface area (Å²) in [5, 5.41) is 4.37. The number of rotatable bonds is 1. The third-order valence-corrected chi connectivity index (χ3v) is 4.71. The van der Waals surface area contributed by atoms with E-state index in [4.69, 9.17) is 4.74 Å². The summed E-state index contributed by atoms with van der Waals surface area (Å²) in [4.78, 5) is 21.1. The molecule has 2 aliphatic heterocycles. The van der Waals surface area contributed by atoms with E-state index in [0.29, 0.717) is 13.1 Å². The molecule has 4 heterocycles. The average molecular weight is 355 g/mol. The van der Waals surface area contributed by atoms with Crippen LogP contribution in [-0.2, 0) is 24.2 Å². The van der Waals surface area contributed by atoms with Gasteiger partial charge < -0.3 is 14.5 Å². The van der Waals surface area contributed by atoms with Gasteiger partial charge in [-0.25, -0.2) is 9.48 Å². The van der Waals surface area contributed by atoms with E-state index in [9.17, 15) is 4.79 Å². The Morgan fingerprint density at radius 1 is 1.23 bits per heavy atom. The summed E-state index contributed by atoms with van der Waals surface area (Å²) in [5.74, 6) is 1.10. The van der Waals surface area contributed by atoms with Crippen molar-refractivity contribution >= 4 is 17.6 Å². The fourth-order valence-electron chi connectivity index (χ4n) is 3.53. The van der Waals surface area contributed by atoms with Gasteiger partial charge in [0.1, 0.15) is 11.4 Å². The molecular formula is C19H25N5O2. The van der Waals surface area contributed by atoms with Gasteiger partial charge in [-0.15, -0.1) is 0 Å². The summed E-state index contributed by atoms with van der Waals surface area (Å²) in [5.41, 5.74) is 2.73. The van der Waals surface area contributed by atoms with E-state index in [1.54, 1.807) is 4.90 Å². The van der Waals surface area contributed by atoms with Crippen LogP contribution in [-0.4, -0.2) is 44.4 Å². The van der Waals surface area contributed by atoms with Crippen molar-refractivity contribution in [3.63, 3.8) is 0 Å². The topological polar surface area (TPSA) is 63.5 Å². The maximum absolute atomic E-state index is 12.4. The summed E-state index contributed by atoms with van der Waals surface area (Å²) >= 11 is 0. The molecule has 0 unspecified atom stereocenters. The molecule has 7 heteroatoms.